The number of hydrogen-bond acceptors (Lipinski definition) is 3. The molecule has 1 unspecified atom stereocenters. The average molecular weight is 303 g/mol. The van der Waals surface area contributed by atoms with Crippen molar-refractivity contribution in [1.29, 1.82) is 0 Å². The Hall–Kier alpha value is -1.85. The Balaban J connectivity index is 1.91. The maximum atomic E-state index is 12.4. The first-order valence-corrected chi connectivity index (χ1v) is 8.41. The van der Waals surface area contributed by atoms with Gasteiger partial charge in [-0.2, -0.15) is 0 Å². The second kappa shape index (κ2) is 5.50. The highest BCUT2D eigenvalue weighted by Gasteiger charge is 2.32. The lowest BCUT2D eigenvalue weighted by Gasteiger charge is -2.16. The van der Waals surface area contributed by atoms with Gasteiger partial charge in [0.1, 0.15) is 0 Å². The van der Waals surface area contributed by atoms with Crippen LogP contribution in [-0.2, 0) is 10.0 Å². The van der Waals surface area contributed by atoms with E-state index < -0.39 is 16.1 Å². The molecule has 3 rings (SSSR count). The fourth-order valence-electron chi connectivity index (χ4n) is 2.32. The summed E-state index contributed by atoms with van der Waals surface area (Å²) >= 11 is 0. The molecule has 1 fully saturated rings. The van der Waals surface area contributed by atoms with Gasteiger partial charge in [-0.25, -0.2) is 8.42 Å². The van der Waals surface area contributed by atoms with E-state index in [9.17, 15) is 13.5 Å². The minimum absolute atomic E-state index is 0.209. The van der Waals surface area contributed by atoms with E-state index in [4.69, 9.17) is 0 Å². The Morgan fingerprint density at radius 3 is 2.29 bits per heavy atom. The van der Waals surface area contributed by atoms with Crippen LogP contribution >= 0.6 is 0 Å². The summed E-state index contributed by atoms with van der Waals surface area (Å²) < 4.78 is 27.3. The van der Waals surface area contributed by atoms with Crippen LogP contribution in [0, 0.1) is 5.92 Å². The van der Waals surface area contributed by atoms with Crippen molar-refractivity contribution in [2.24, 2.45) is 5.92 Å². The average Bonchev–Trinajstić information content (AvgIpc) is 3.32. The van der Waals surface area contributed by atoms with Gasteiger partial charge in [-0.3, -0.25) is 4.72 Å². The van der Waals surface area contributed by atoms with Crippen LogP contribution in [0.2, 0.25) is 0 Å². The zero-order valence-electron chi connectivity index (χ0n) is 11.4. The third-order valence-corrected chi connectivity index (χ3v) is 5.03. The summed E-state index contributed by atoms with van der Waals surface area (Å²) in [6, 6.07) is 15.2. The van der Waals surface area contributed by atoms with Crippen LogP contribution < -0.4 is 4.72 Å². The van der Waals surface area contributed by atoms with E-state index in [2.05, 4.69) is 4.72 Å². The molecule has 1 saturated carbocycles. The number of aliphatic hydroxyl groups excluding tert-OH is 1. The van der Waals surface area contributed by atoms with Gasteiger partial charge in [-0.1, -0.05) is 36.4 Å². The summed E-state index contributed by atoms with van der Waals surface area (Å²) in [5.74, 6) is 0.243. The molecule has 4 nitrogen and oxygen atoms in total. The number of hydrogen-bond donors (Lipinski definition) is 2. The molecule has 1 aliphatic rings. The number of anilines is 1. The Morgan fingerprint density at radius 2 is 1.62 bits per heavy atom. The van der Waals surface area contributed by atoms with Crippen molar-refractivity contribution in [3.8, 4) is 0 Å². The van der Waals surface area contributed by atoms with Crippen molar-refractivity contribution in [3.05, 3.63) is 60.2 Å². The summed E-state index contributed by atoms with van der Waals surface area (Å²) in [7, 11) is -3.64. The highest BCUT2D eigenvalue weighted by molar-refractivity contribution is 7.92. The van der Waals surface area contributed by atoms with Gasteiger partial charge in [0.2, 0.25) is 0 Å². The summed E-state index contributed by atoms with van der Waals surface area (Å²) in [6.07, 6.45) is 1.36. The predicted molar refractivity (Wildman–Crippen MR) is 81.4 cm³/mol. The first-order valence-electron chi connectivity index (χ1n) is 6.93. The topological polar surface area (TPSA) is 66.4 Å². The number of nitrogens with one attached hydrogen (secondary N) is 1. The highest BCUT2D eigenvalue weighted by atomic mass is 32.2. The van der Waals surface area contributed by atoms with Crippen molar-refractivity contribution >= 4 is 15.7 Å². The number of rotatable bonds is 5. The van der Waals surface area contributed by atoms with Crippen molar-refractivity contribution in [2.75, 3.05) is 4.72 Å². The van der Waals surface area contributed by atoms with Crippen LogP contribution in [0.4, 0.5) is 5.69 Å². The molecule has 0 saturated heterocycles. The van der Waals surface area contributed by atoms with Crippen molar-refractivity contribution in [1.82, 2.24) is 0 Å². The maximum Gasteiger partial charge on any atom is 0.261 e. The Morgan fingerprint density at radius 1 is 1.00 bits per heavy atom. The van der Waals surface area contributed by atoms with Gasteiger partial charge in [0.05, 0.1) is 16.7 Å². The van der Waals surface area contributed by atoms with E-state index in [0.29, 0.717) is 11.3 Å². The molecule has 0 radical (unpaired) electrons. The Bertz CT molecular complexity index is 724. The smallest absolute Gasteiger partial charge is 0.261 e. The van der Waals surface area contributed by atoms with Gasteiger partial charge in [0.15, 0.2) is 0 Å². The maximum absolute atomic E-state index is 12.4. The molecule has 1 atom stereocenters. The van der Waals surface area contributed by atoms with Crippen LogP contribution in [0.1, 0.15) is 24.5 Å². The van der Waals surface area contributed by atoms with Crippen LogP contribution in [0.15, 0.2) is 59.5 Å². The molecule has 110 valence electrons. The number of sulfonamides is 1. The van der Waals surface area contributed by atoms with Crippen LogP contribution in [0.25, 0.3) is 0 Å². The van der Waals surface area contributed by atoms with E-state index in [1.807, 2.05) is 0 Å². The molecule has 0 heterocycles. The van der Waals surface area contributed by atoms with E-state index in [1.54, 1.807) is 54.6 Å². The molecule has 0 amide bonds. The SMILES string of the molecule is O=S(=O)(Nc1ccccc1C(O)C1CC1)c1ccccc1. The molecule has 2 aromatic rings. The fraction of sp³-hybridized carbons (Fsp3) is 0.250. The van der Waals surface area contributed by atoms with Crippen molar-refractivity contribution in [2.45, 2.75) is 23.8 Å². The number of aliphatic hydroxyl groups is 1. The summed E-state index contributed by atoms with van der Waals surface area (Å²) in [6.45, 7) is 0. The molecule has 0 bridgehead atoms. The summed E-state index contributed by atoms with van der Waals surface area (Å²) in [4.78, 5) is 0.209. The zero-order chi connectivity index (χ0) is 14.9. The molecule has 0 aromatic heterocycles. The molecule has 5 heteroatoms. The lowest BCUT2D eigenvalue weighted by Crippen LogP contribution is -2.15. The standard InChI is InChI=1S/C16H17NO3S/c18-16(12-10-11-12)14-8-4-5-9-15(14)17-21(19,20)13-6-2-1-3-7-13/h1-9,12,16-18H,10-11H2. The lowest BCUT2D eigenvalue weighted by molar-refractivity contribution is 0.154. The molecule has 1 aliphatic carbocycles. The van der Waals surface area contributed by atoms with Crippen molar-refractivity contribution < 1.29 is 13.5 Å². The van der Waals surface area contributed by atoms with E-state index in [-0.39, 0.29) is 10.8 Å². The minimum Gasteiger partial charge on any atom is -0.388 e. The van der Waals surface area contributed by atoms with Gasteiger partial charge in [-0.15, -0.1) is 0 Å². The Labute approximate surface area is 124 Å². The molecular weight excluding hydrogens is 286 g/mol. The van der Waals surface area contributed by atoms with E-state index in [1.165, 1.54) is 0 Å². The molecule has 0 spiro atoms. The summed E-state index contributed by atoms with van der Waals surface area (Å²) in [5, 5.41) is 10.3. The molecular formula is C16H17NO3S. The minimum atomic E-state index is -3.64. The van der Waals surface area contributed by atoms with Gasteiger partial charge in [0.25, 0.3) is 10.0 Å². The van der Waals surface area contributed by atoms with Gasteiger partial charge < -0.3 is 5.11 Å². The summed E-state index contributed by atoms with van der Waals surface area (Å²) in [5.41, 5.74) is 1.08. The van der Waals surface area contributed by atoms with E-state index in [0.717, 1.165) is 12.8 Å². The number of para-hydroxylation sites is 1. The zero-order valence-corrected chi connectivity index (χ0v) is 12.3. The second-order valence-corrected chi connectivity index (χ2v) is 6.97. The van der Waals surface area contributed by atoms with Crippen LogP contribution in [0.5, 0.6) is 0 Å². The third kappa shape index (κ3) is 3.09. The Kier molecular flexibility index (Phi) is 3.69. The van der Waals surface area contributed by atoms with Crippen molar-refractivity contribution in [3.63, 3.8) is 0 Å². The van der Waals surface area contributed by atoms with Gasteiger partial charge in [0, 0.05) is 5.56 Å². The lowest BCUT2D eigenvalue weighted by atomic mass is 10.0. The second-order valence-electron chi connectivity index (χ2n) is 5.29. The van der Waals surface area contributed by atoms with Gasteiger partial charge >= 0.3 is 0 Å². The fourth-order valence-corrected chi connectivity index (χ4v) is 3.43. The molecule has 21 heavy (non-hydrogen) atoms. The van der Waals surface area contributed by atoms with E-state index >= 15 is 0 Å². The van der Waals surface area contributed by atoms with Crippen LogP contribution in [0.3, 0.4) is 0 Å². The molecule has 2 aromatic carbocycles. The quantitative estimate of drug-likeness (QED) is 0.892. The van der Waals surface area contributed by atoms with Gasteiger partial charge in [-0.05, 0) is 37.0 Å². The highest BCUT2D eigenvalue weighted by Crippen LogP contribution is 2.43. The normalized spacial score (nSPS) is 16.4. The monoisotopic (exact) mass is 303 g/mol. The largest absolute Gasteiger partial charge is 0.388 e. The van der Waals surface area contributed by atoms with Crippen LogP contribution in [-0.4, -0.2) is 13.5 Å². The predicted octanol–water partition coefficient (Wildman–Crippen LogP) is 2.93. The first kappa shape index (κ1) is 14.1. The first-order chi connectivity index (χ1) is 10.1. The number of benzene rings is 2. The molecule has 0 aliphatic heterocycles. The molecule has 2 N–H and O–H groups in total. The third-order valence-electron chi connectivity index (χ3n) is 3.65.